The zero-order valence-corrected chi connectivity index (χ0v) is 6.42. The molecule has 0 saturated carbocycles. The fraction of sp³-hybridized carbons (Fsp3) is 1.00. The van der Waals surface area contributed by atoms with E-state index in [0.29, 0.717) is 0 Å². The second-order valence-corrected chi connectivity index (χ2v) is 2.56. The molecule has 1 fully saturated rings. The summed E-state index contributed by atoms with van der Waals surface area (Å²) in [5, 5.41) is 0. The van der Waals surface area contributed by atoms with E-state index in [4.69, 9.17) is 0 Å². The van der Waals surface area contributed by atoms with Gasteiger partial charge in [-0.3, -0.25) is 0 Å². The lowest BCUT2D eigenvalue weighted by atomic mass is 10.3. The standard InChI is InChI=1S/C5H4F7NO/c6-2-13-3(7,8)1-14-5(11,12)4(13,9)10/h1-2H2. The highest BCUT2D eigenvalue weighted by Gasteiger charge is 2.72. The van der Waals surface area contributed by atoms with Crippen LogP contribution in [0.3, 0.4) is 0 Å². The van der Waals surface area contributed by atoms with Crippen LogP contribution >= 0.6 is 0 Å². The third-order valence-electron chi connectivity index (χ3n) is 1.63. The maximum Gasteiger partial charge on any atom is 0.435 e. The minimum atomic E-state index is -5.37. The van der Waals surface area contributed by atoms with Gasteiger partial charge in [-0.25, -0.2) is 4.39 Å². The molecule has 1 aliphatic rings. The number of nitrogens with zero attached hydrogens (tertiary/aromatic N) is 1. The van der Waals surface area contributed by atoms with Gasteiger partial charge in [0.25, 0.3) is 0 Å². The fourth-order valence-electron chi connectivity index (χ4n) is 0.867. The first-order valence-electron chi connectivity index (χ1n) is 3.26. The number of hydrogen-bond acceptors (Lipinski definition) is 2. The second-order valence-electron chi connectivity index (χ2n) is 2.56. The van der Waals surface area contributed by atoms with Crippen molar-refractivity contribution in [3.63, 3.8) is 0 Å². The van der Waals surface area contributed by atoms with Crippen LogP contribution in [0.25, 0.3) is 0 Å². The summed E-state index contributed by atoms with van der Waals surface area (Å²) in [5.74, 6) is 0. The number of rotatable bonds is 1. The highest BCUT2D eigenvalue weighted by atomic mass is 19.3. The molecule has 1 saturated heterocycles. The van der Waals surface area contributed by atoms with Crippen molar-refractivity contribution < 1.29 is 35.5 Å². The van der Waals surface area contributed by atoms with Crippen LogP contribution in [-0.4, -0.2) is 36.5 Å². The molecule has 0 spiro atoms. The summed E-state index contributed by atoms with van der Waals surface area (Å²) in [5.41, 5.74) is 0. The van der Waals surface area contributed by atoms with Crippen LogP contribution < -0.4 is 0 Å². The summed E-state index contributed by atoms with van der Waals surface area (Å²) in [6.07, 6.45) is -5.12. The van der Waals surface area contributed by atoms with E-state index in [0.717, 1.165) is 0 Å². The smallest absolute Gasteiger partial charge is 0.307 e. The maximum atomic E-state index is 12.5. The van der Waals surface area contributed by atoms with Crippen LogP contribution in [0.1, 0.15) is 0 Å². The Kier molecular flexibility index (Phi) is 2.43. The molecule has 2 nitrogen and oxygen atoms in total. The van der Waals surface area contributed by atoms with Crippen molar-refractivity contribution in [2.24, 2.45) is 0 Å². The van der Waals surface area contributed by atoms with Crippen LogP contribution in [0.5, 0.6) is 0 Å². The summed E-state index contributed by atoms with van der Waals surface area (Å²) in [4.78, 5) is -1.54. The molecule has 0 unspecified atom stereocenters. The fourth-order valence-corrected chi connectivity index (χ4v) is 0.867. The Balaban J connectivity index is 3.05. The van der Waals surface area contributed by atoms with Gasteiger partial charge in [0.1, 0.15) is 6.61 Å². The Morgan fingerprint density at radius 1 is 1.07 bits per heavy atom. The van der Waals surface area contributed by atoms with Crippen molar-refractivity contribution in [2.45, 2.75) is 18.2 Å². The molecule has 9 heteroatoms. The number of morpholine rings is 1. The normalized spacial score (nSPS) is 30.2. The van der Waals surface area contributed by atoms with Gasteiger partial charge in [0.15, 0.2) is 6.80 Å². The van der Waals surface area contributed by atoms with Gasteiger partial charge in [0.2, 0.25) is 0 Å². The lowest BCUT2D eigenvalue weighted by molar-refractivity contribution is -0.474. The summed E-state index contributed by atoms with van der Waals surface area (Å²) in [7, 11) is 0. The van der Waals surface area contributed by atoms with Crippen LogP contribution in [0.2, 0.25) is 0 Å². The molecular weight excluding hydrogens is 223 g/mol. The molecule has 0 atom stereocenters. The van der Waals surface area contributed by atoms with Crippen LogP contribution in [-0.2, 0) is 4.74 Å². The number of alkyl halides is 7. The molecular formula is C5H4F7NO. The second kappa shape index (κ2) is 2.96. The molecule has 1 rings (SSSR count). The molecule has 0 aromatic carbocycles. The van der Waals surface area contributed by atoms with Crippen molar-refractivity contribution >= 4 is 0 Å². The van der Waals surface area contributed by atoms with Crippen molar-refractivity contribution in [3.05, 3.63) is 0 Å². The van der Waals surface area contributed by atoms with Gasteiger partial charge in [-0.15, -0.1) is 4.90 Å². The van der Waals surface area contributed by atoms with E-state index < -0.39 is 36.5 Å². The highest BCUT2D eigenvalue weighted by molar-refractivity contribution is 4.87. The predicted molar refractivity (Wildman–Crippen MR) is 28.6 cm³/mol. The monoisotopic (exact) mass is 227 g/mol. The molecule has 0 N–H and O–H groups in total. The zero-order chi connectivity index (χ0) is 11.2. The van der Waals surface area contributed by atoms with Crippen LogP contribution in [0, 0.1) is 0 Å². The van der Waals surface area contributed by atoms with Gasteiger partial charge < -0.3 is 4.74 Å². The molecule has 1 aliphatic heterocycles. The minimum Gasteiger partial charge on any atom is -0.307 e. The lowest BCUT2D eigenvalue weighted by Gasteiger charge is -2.42. The van der Waals surface area contributed by atoms with Crippen LogP contribution in [0.15, 0.2) is 0 Å². The van der Waals surface area contributed by atoms with Gasteiger partial charge in [-0.2, -0.15) is 26.3 Å². The lowest BCUT2D eigenvalue weighted by Crippen LogP contribution is -2.67. The number of ether oxygens (including phenoxy) is 1. The summed E-state index contributed by atoms with van der Waals surface area (Å²) >= 11 is 0. The van der Waals surface area contributed by atoms with E-state index in [1.165, 1.54) is 0 Å². The van der Waals surface area contributed by atoms with Crippen molar-refractivity contribution in [3.8, 4) is 0 Å². The molecule has 1 heterocycles. The molecule has 0 bridgehead atoms. The highest BCUT2D eigenvalue weighted by Crippen LogP contribution is 2.47. The SMILES string of the molecule is FCN1C(F)(F)COC(F)(F)C1(F)F. The van der Waals surface area contributed by atoms with E-state index >= 15 is 0 Å². The Morgan fingerprint density at radius 2 is 1.57 bits per heavy atom. The Morgan fingerprint density at radius 3 is 1.93 bits per heavy atom. The first-order valence-corrected chi connectivity index (χ1v) is 3.26. The Labute approximate surface area is 73.2 Å². The van der Waals surface area contributed by atoms with E-state index in [2.05, 4.69) is 4.74 Å². The predicted octanol–water partition coefficient (Wildman–Crippen LogP) is 2.02. The zero-order valence-electron chi connectivity index (χ0n) is 6.42. The van der Waals surface area contributed by atoms with Crippen molar-refractivity contribution in [1.29, 1.82) is 0 Å². The van der Waals surface area contributed by atoms with Crippen LogP contribution in [0.4, 0.5) is 30.7 Å². The van der Waals surface area contributed by atoms with Gasteiger partial charge in [-0.1, -0.05) is 0 Å². The molecule has 84 valence electrons. The Hall–Kier alpha value is -0.570. The first kappa shape index (κ1) is 11.5. The van der Waals surface area contributed by atoms with Crippen molar-refractivity contribution in [1.82, 2.24) is 4.90 Å². The quantitative estimate of drug-likeness (QED) is 0.502. The van der Waals surface area contributed by atoms with Crippen molar-refractivity contribution in [2.75, 3.05) is 13.4 Å². The molecule has 0 amide bonds. The largest absolute Gasteiger partial charge is 0.435 e. The molecule has 14 heavy (non-hydrogen) atoms. The van der Waals surface area contributed by atoms with E-state index in [1.807, 2.05) is 0 Å². The third kappa shape index (κ3) is 1.44. The molecule has 0 aromatic rings. The summed E-state index contributed by atoms with van der Waals surface area (Å²) in [6.45, 7) is -4.39. The third-order valence-corrected chi connectivity index (χ3v) is 1.63. The average Bonchev–Trinajstić information content (AvgIpc) is 1.99. The van der Waals surface area contributed by atoms with Gasteiger partial charge >= 0.3 is 18.2 Å². The average molecular weight is 227 g/mol. The topological polar surface area (TPSA) is 12.5 Å². The van der Waals surface area contributed by atoms with E-state index in [9.17, 15) is 30.7 Å². The van der Waals surface area contributed by atoms with E-state index in [-0.39, 0.29) is 0 Å². The number of hydrogen-bond donors (Lipinski definition) is 0. The van der Waals surface area contributed by atoms with Gasteiger partial charge in [-0.05, 0) is 0 Å². The molecule has 0 radical (unpaired) electrons. The molecule has 0 aliphatic carbocycles. The summed E-state index contributed by atoms with van der Waals surface area (Å²) in [6, 6.07) is -9.83. The van der Waals surface area contributed by atoms with E-state index in [1.54, 1.807) is 0 Å². The van der Waals surface area contributed by atoms with Gasteiger partial charge in [0, 0.05) is 0 Å². The number of halogens is 7. The molecule has 0 aromatic heterocycles. The maximum absolute atomic E-state index is 12.5. The summed E-state index contributed by atoms with van der Waals surface area (Å²) < 4.78 is 89.1. The minimum absolute atomic E-state index is 1.54. The van der Waals surface area contributed by atoms with Gasteiger partial charge in [0.05, 0.1) is 0 Å². The Bertz CT molecular complexity index is 230. The first-order chi connectivity index (χ1) is 6.15.